The summed E-state index contributed by atoms with van der Waals surface area (Å²) in [7, 11) is 0. The largest absolute Gasteiger partial charge is 0.397 e. The van der Waals surface area contributed by atoms with Crippen LogP contribution in [0.5, 0.6) is 0 Å². The fourth-order valence-electron chi connectivity index (χ4n) is 4.09. The van der Waals surface area contributed by atoms with Gasteiger partial charge >= 0.3 is 0 Å². The van der Waals surface area contributed by atoms with Crippen molar-refractivity contribution in [2.45, 2.75) is 66.0 Å². The molecule has 0 unspecified atom stereocenters. The van der Waals surface area contributed by atoms with Crippen molar-refractivity contribution in [1.82, 2.24) is 5.32 Å². The lowest BCUT2D eigenvalue weighted by molar-refractivity contribution is 0.286. The Hall–Kier alpha value is -3.00. The molecule has 0 aliphatic heterocycles. The molecule has 3 rings (SSSR count). The van der Waals surface area contributed by atoms with Crippen LogP contribution in [0.4, 0.5) is 11.4 Å². The van der Waals surface area contributed by atoms with Crippen LogP contribution in [0.15, 0.2) is 48.5 Å². The fraction of sp³-hybridized carbons (Fsp3) is 0.367. The first-order valence-electron chi connectivity index (χ1n) is 12.0. The lowest BCUT2D eigenvalue weighted by Crippen LogP contribution is -2.43. The van der Waals surface area contributed by atoms with E-state index in [2.05, 4.69) is 72.0 Å². The minimum Gasteiger partial charge on any atom is -0.397 e. The molecule has 3 aromatic rings. The molecule has 0 radical (unpaired) electrons. The Balaban J connectivity index is 2.12. The van der Waals surface area contributed by atoms with Crippen molar-refractivity contribution in [3.63, 3.8) is 0 Å². The van der Waals surface area contributed by atoms with Gasteiger partial charge in [-0.3, -0.25) is 0 Å². The zero-order chi connectivity index (χ0) is 26.1. The van der Waals surface area contributed by atoms with Crippen molar-refractivity contribution in [2.75, 3.05) is 11.5 Å². The molecule has 4 nitrogen and oxygen atoms in total. The van der Waals surface area contributed by atoms with Gasteiger partial charge in [0.05, 0.1) is 22.0 Å². The summed E-state index contributed by atoms with van der Waals surface area (Å²) < 4.78 is 0. The molecule has 0 spiro atoms. The van der Waals surface area contributed by atoms with E-state index in [4.69, 9.17) is 23.1 Å². The summed E-state index contributed by atoms with van der Waals surface area (Å²) in [4.78, 5) is 0. The molecule has 0 amide bonds. The van der Waals surface area contributed by atoms with E-state index < -0.39 is 0 Å². The van der Waals surface area contributed by atoms with Crippen LogP contribution in [0.2, 0.25) is 5.02 Å². The highest BCUT2D eigenvalue weighted by Crippen LogP contribution is 2.41. The number of nitrogens with two attached hydrogens (primary N) is 2. The molecule has 3 aromatic carbocycles. The number of nitrogens with zero attached hydrogens (tertiary/aromatic N) is 1. The van der Waals surface area contributed by atoms with Gasteiger partial charge in [-0.25, -0.2) is 0 Å². The second-order valence-corrected chi connectivity index (χ2v) is 11.5. The second kappa shape index (κ2) is 9.93. The van der Waals surface area contributed by atoms with E-state index in [1.807, 2.05) is 36.4 Å². The molecular formula is C30H37ClN4. The number of halogens is 1. The van der Waals surface area contributed by atoms with E-state index in [1.54, 1.807) is 0 Å². The van der Waals surface area contributed by atoms with Gasteiger partial charge in [0, 0.05) is 23.2 Å². The predicted molar refractivity (Wildman–Crippen MR) is 150 cm³/mol. The van der Waals surface area contributed by atoms with Crippen molar-refractivity contribution < 1.29 is 0 Å². The van der Waals surface area contributed by atoms with Gasteiger partial charge in [-0.2, -0.15) is 5.26 Å². The number of nitrogens with one attached hydrogen (secondary N) is 1. The van der Waals surface area contributed by atoms with Crippen molar-refractivity contribution >= 4 is 23.0 Å². The van der Waals surface area contributed by atoms with E-state index in [9.17, 15) is 5.26 Å². The first-order chi connectivity index (χ1) is 16.3. The van der Waals surface area contributed by atoms with Gasteiger partial charge in [-0.15, -0.1) is 0 Å². The Morgan fingerprint density at radius 2 is 1.54 bits per heavy atom. The standard InChI is InChI=1S/C30H37ClN4/c1-18(2)30(6,7)35-17-20-14-19(15-26(31)27(20)33)21-12-13-23(28(34)24(21)16-32)22-10-8-9-11-25(22)29(3,4)5/h8-15,18,35H,17,33-34H2,1-7H3. The van der Waals surface area contributed by atoms with E-state index in [1.165, 1.54) is 5.56 Å². The summed E-state index contributed by atoms with van der Waals surface area (Å²) in [6, 6.07) is 18.3. The van der Waals surface area contributed by atoms with Crippen LogP contribution in [-0.4, -0.2) is 5.54 Å². The molecule has 0 atom stereocenters. The third kappa shape index (κ3) is 5.48. The summed E-state index contributed by atoms with van der Waals surface area (Å²) in [5.41, 5.74) is 19.8. The zero-order valence-corrected chi connectivity index (χ0v) is 22.6. The molecule has 0 bridgehead atoms. The SMILES string of the molecule is CC(C)C(C)(C)NCc1cc(-c2ccc(-c3ccccc3C(C)(C)C)c(N)c2C#N)cc(Cl)c1N. The molecule has 0 saturated carbocycles. The van der Waals surface area contributed by atoms with E-state index >= 15 is 0 Å². The van der Waals surface area contributed by atoms with Gasteiger partial charge in [0.2, 0.25) is 0 Å². The summed E-state index contributed by atoms with van der Waals surface area (Å²) in [6.45, 7) is 15.8. The van der Waals surface area contributed by atoms with Crippen molar-refractivity contribution in [1.29, 1.82) is 5.26 Å². The van der Waals surface area contributed by atoms with Crippen molar-refractivity contribution in [2.24, 2.45) is 5.92 Å². The number of nitrogen functional groups attached to an aromatic ring is 2. The topological polar surface area (TPSA) is 87.9 Å². The lowest BCUT2D eigenvalue weighted by Gasteiger charge is -2.31. The summed E-state index contributed by atoms with van der Waals surface area (Å²) in [5.74, 6) is 0.441. The molecular weight excluding hydrogens is 452 g/mol. The third-order valence-electron chi connectivity index (χ3n) is 7.09. The van der Waals surface area contributed by atoms with E-state index in [-0.39, 0.29) is 11.0 Å². The van der Waals surface area contributed by atoms with Crippen molar-refractivity contribution in [3.8, 4) is 28.3 Å². The molecule has 5 heteroatoms. The summed E-state index contributed by atoms with van der Waals surface area (Å²) in [5, 5.41) is 14.2. The maximum Gasteiger partial charge on any atom is 0.102 e. The number of nitriles is 1. The normalized spacial score (nSPS) is 12.1. The second-order valence-electron chi connectivity index (χ2n) is 11.1. The van der Waals surface area contributed by atoms with Crippen molar-refractivity contribution in [3.05, 3.63) is 70.2 Å². The quantitative estimate of drug-likeness (QED) is 0.313. The maximum atomic E-state index is 10.1. The summed E-state index contributed by atoms with van der Waals surface area (Å²) >= 11 is 6.55. The van der Waals surface area contributed by atoms with E-state index in [0.29, 0.717) is 34.4 Å². The molecule has 184 valence electrons. The lowest BCUT2D eigenvalue weighted by atomic mass is 9.81. The number of anilines is 2. The molecule has 5 N–H and O–H groups in total. The third-order valence-corrected chi connectivity index (χ3v) is 7.40. The Kier molecular flexibility index (Phi) is 7.55. The molecule has 0 aliphatic rings. The Labute approximate surface area is 215 Å². The number of hydrogen-bond acceptors (Lipinski definition) is 4. The molecule has 0 aliphatic carbocycles. The zero-order valence-electron chi connectivity index (χ0n) is 21.9. The first-order valence-corrected chi connectivity index (χ1v) is 12.4. The Bertz CT molecular complexity index is 1280. The van der Waals surface area contributed by atoms with Crippen LogP contribution in [0, 0.1) is 17.2 Å². The highest BCUT2D eigenvalue weighted by molar-refractivity contribution is 6.33. The molecule has 0 saturated heterocycles. The van der Waals surface area contributed by atoms with Crippen LogP contribution in [0.25, 0.3) is 22.3 Å². The van der Waals surface area contributed by atoms with Gasteiger partial charge in [0.25, 0.3) is 0 Å². The first kappa shape index (κ1) is 26.6. The molecule has 0 fully saturated rings. The van der Waals surface area contributed by atoms with Crippen LogP contribution in [0.1, 0.15) is 65.2 Å². The molecule has 35 heavy (non-hydrogen) atoms. The molecule has 0 heterocycles. The minimum atomic E-state index is -0.0702. The van der Waals surface area contributed by atoms with Gasteiger partial charge < -0.3 is 16.8 Å². The highest BCUT2D eigenvalue weighted by atomic mass is 35.5. The van der Waals surface area contributed by atoms with Gasteiger partial charge in [-0.1, -0.05) is 82.6 Å². The van der Waals surface area contributed by atoms with Crippen LogP contribution in [-0.2, 0) is 12.0 Å². The van der Waals surface area contributed by atoms with E-state index in [0.717, 1.165) is 27.8 Å². The summed E-state index contributed by atoms with van der Waals surface area (Å²) in [6.07, 6.45) is 0. The van der Waals surface area contributed by atoms with Gasteiger partial charge in [0.1, 0.15) is 6.07 Å². The maximum absolute atomic E-state index is 10.1. The molecule has 0 aromatic heterocycles. The average molecular weight is 489 g/mol. The van der Waals surface area contributed by atoms with Crippen LogP contribution in [0.3, 0.4) is 0 Å². The van der Waals surface area contributed by atoms with Crippen LogP contribution >= 0.6 is 11.6 Å². The average Bonchev–Trinajstić information content (AvgIpc) is 2.79. The van der Waals surface area contributed by atoms with Gasteiger partial charge in [-0.05, 0) is 59.6 Å². The highest BCUT2D eigenvalue weighted by Gasteiger charge is 2.24. The Morgan fingerprint density at radius 3 is 2.14 bits per heavy atom. The number of hydrogen-bond donors (Lipinski definition) is 3. The minimum absolute atomic E-state index is 0.0648. The number of rotatable bonds is 6. The van der Waals surface area contributed by atoms with Gasteiger partial charge in [0.15, 0.2) is 0 Å². The predicted octanol–water partition coefficient (Wildman–Crippen LogP) is 7.53. The smallest absolute Gasteiger partial charge is 0.102 e. The fourth-order valence-corrected chi connectivity index (χ4v) is 4.33. The number of benzene rings is 3. The monoisotopic (exact) mass is 488 g/mol. The Morgan fingerprint density at radius 1 is 0.914 bits per heavy atom. The van der Waals surface area contributed by atoms with Crippen LogP contribution < -0.4 is 16.8 Å².